The number of rotatable bonds is 3. The molecule has 0 fully saturated rings. The summed E-state index contributed by atoms with van der Waals surface area (Å²) in [5.74, 6) is -1.43. The standard InChI is InChI=1S/C11H6F3N3O3S/c12-11(13,14)6-2-1-5(9(19)20)8(16-6)21-10-15-4-3-7(18)17-10/h1-4H,(H,19,20)(H,15,17,18). The van der Waals surface area contributed by atoms with Gasteiger partial charge in [-0.25, -0.2) is 14.8 Å². The van der Waals surface area contributed by atoms with E-state index in [0.717, 1.165) is 18.3 Å². The monoisotopic (exact) mass is 317 g/mol. The Balaban J connectivity index is 2.49. The van der Waals surface area contributed by atoms with Crippen molar-refractivity contribution in [3.05, 3.63) is 46.0 Å². The van der Waals surface area contributed by atoms with Crippen LogP contribution in [0, 0.1) is 0 Å². The number of aromatic carboxylic acids is 1. The van der Waals surface area contributed by atoms with E-state index in [1.165, 1.54) is 0 Å². The van der Waals surface area contributed by atoms with E-state index in [2.05, 4.69) is 15.0 Å². The number of aromatic amines is 1. The average Bonchev–Trinajstić information content (AvgIpc) is 2.37. The van der Waals surface area contributed by atoms with Gasteiger partial charge in [-0.05, 0) is 23.9 Å². The summed E-state index contributed by atoms with van der Waals surface area (Å²) in [6, 6.07) is 2.50. The number of carboxylic acids is 1. The van der Waals surface area contributed by atoms with Crippen molar-refractivity contribution < 1.29 is 23.1 Å². The molecule has 2 heterocycles. The predicted octanol–water partition coefficient (Wildman–Crippen LogP) is 2.03. The Kier molecular flexibility index (Phi) is 3.98. The number of hydrogen-bond donors (Lipinski definition) is 2. The summed E-state index contributed by atoms with van der Waals surface area (Å²) in [6.45, 7) is 0. The number of aromatic nitrogens is 3. The lowest BCUT2D eigenvalue weighted by Crippen LogP contribution is -2.12. The smallest absolute Gasteiger partial charge is 0.433 e. The molecule has 0 aliphatic rings. The summed E-state index contributed by atoms with van der Waals surface area (Å²) < 4.78 is 37.8. The second-order valence-electron chi connectivity index (χ2n) is 3.69. The summed E-state index contributed by atoms with van der Waals surface area (Å²) in [5.41, 5.74) is -2.16. The van der Waals surface area contributed by atoms with Crippen molar-refractivity contribution in [2.45, 2.75) is 16.4 Å². The molecule has 0 atom stereocenters. The number of H-pyrrole nitrogens is 1. The number of hydrogen-bond acceptors (Lipinski definition) is 5. The number of pyridine rings is 1. The summed E-state index contributed by atoms with van der Waals surface area (Å²) in [5, 5.41) is 8.50. The molecule has 2 N–H and O–H groups in total. The molecule has 0 amide bonds. The van der Waals surface area contributed by atoms with Gasteiger partial charge in [0.05, 0.1) is 5.56 Å². The van der Waals surface area contributed by atoms with Gasteiger partial charge >= 0.3 is 12.1 Å². The number of halogens is 3. The van der Waals surface area contributed by atoms with Crippen LogP contribution in [-0.2, 0) is 6.18 Å². The third-order valence-electron chi connectivity index (χ3n) is 2.22. The largest absolute Gasteiger partial charge is 0.478 e. The van der Waals surface area contributed by atoms with Gasteiger partial charge in [0.25, 0.3) is 5.56 Å². The molecular formula is C11H6F3N3O3S. The number of nitrogens with zero attached hydrogens (tertiary/aromatic N) is 2. The fraction of sp³-hybridized carbons (Fsp3) is 0.0909. The first-order valence-electron chi connectivity index (χ1n) is 5.32. The highest BCUT2D eigenvalue weighted by molar-refractivity contribution is 7.99. The molecule has 2 rings (SSSR count). The zero-order valence-corrected chi connectivity index (χ0v) is 10.8. The predicted molar refractivity (Wildman–Crippen MR) is 65.2 cm³/mol. The Morgan fingerprint density at radius 1 is 1.29 bits per heavy atom. The molecule has 2 aromatic heterocycles. The minimum Gasteiger partial charge on any atom is -0.478 e. The molecule has 6 nitrogen and oxygen atoms in total. The Labute approximate surface area is 119 Å². The second kappa shape index (κ2) is 5.56. The topological polar surface area (TPSA) is 95.9 Å². The van der Waals surface area contributed by atoms with Gasteiger partial charge in [-0.1, -0.05) is 0 Å². The normalized spacial score (nSPS) is 11.4. The van der Waals surface area contributed by atoms with Crippen molar-refractivity contribution in [2.24, 2.45) is 0 Å². The van der Waals surface area contributed by atoms with Crippen LogP contribution in [0.4, 0.5) is 13.2 Å². The molecule has 0 radical (unpaired) electrons. The molecule has 0 aliphatic heterocycles. The molecule has 0 spiro atoms. The molecule has 0 saturated carbocycles. The Hall–Kier alpha value is -2.36. The van der Waals surface area contributed by atoms with E-state index in [9.17, 15) is 22.8 Å². The minimum absolute atomic E-state index is 0.0585. The lowest BCUT2D eigenvalue weighted by atomic mass is 10.2. The van der Waals surface area contributed by atoms with Crippen LogP contribution in [0.2, 0.25) is 0 Å². The van der Waals surface area contributed by atoms with E-state index in [-0.39, 0.29) is 5.16 Å². The molecule has 2 aromatic rings. The van der Waals surface area contributed by atoms with Gasteiger partial charge in [-0.15, -0.1) is 0 Å². The van der Waals surface area contributed by atoms with Gasteiger partial charge in [0, 0.05) is 12.3 Å². The number of carbonyl (C=O) groups is 1. The van der Waals surface area contributed by atoms with Gasteiger partial charge in [-0.3, -0.25) is 4.79 Å². The summed E-state index contributed by atoms with van der Waals surface area (Å²) >= 11 is 0.528. The molecule has 110 valence electrons. The van der Waals surface area contributed by atoms with Crippen LogP contribution in [0.15, 0.2) is 39.4 Å². The van der Waals surface area contributed by atoms with E-state index in [1.54, 1.807) is 0 Å². The van der Waals surface area contributed by atoms with Crippen molar-refractivity contribution in [2.75, 3.05) is 0 Å². The van der Waals surface area contributed by atoms with E-state index in [0.29, 0.717) is 17.8 Å². The van der Waals surface area contributed by atoms with Crippen LogP contribution in [0.25, 0.3) is 0 Å². The van der Waals surface area contributed by atoms with Gasteiger partial charge in [0.2, 0.25) is 0 Å². The first kappa shape index (κ1) is 15.0. The summed E-state index contributed by atoms with van der Waals surface area (Å²) in [4.78, 5) is 31.4. The van der Waals surface area contributed by atoms with Gasteiger partial charge in [0.15, 0.2) is 5.16 Å². The number of alkyl halides is 3. The lowest BCUT2D eigenvalue weighted by molar-refractivity contribution is -0.141. The average molecular weight is 317 g/mol. The van der Waals surface area contributed by atoms with Crippen molar-refractivity contribution in [3.8, 4) is 0 Å². The highest BCUT2D eigenvalue weighted by atomic mass is 32.2. The molecule has 0 saturated heterocycles. The summed E-state index contributed by atoms with van der Waals surface area (Å²) in [6.07, 6.45) is -3.56. The molecular weight excluding hydrogens is 311 g/mol. The van der Waals surface area contributed by atoms with E-state index in [1.807, 2.05) is 0 Å². The zero-order valence-electron chi connectivity index (χ0n) is 10.0. The first-order valence-corrected chi connectivity index (χ1v) is 6.14. The summed E-state index contributed by atoms with van der Waals surface area (Å²) in [7, 11) is 0. The second-order valence-corrected chi connectivity index (χ2v) is 4.67. The number of carboxylic acid groups (broad SMARTS) is 1. The van der Waals surface area contributed by atoms with Gasteiger partial charge < -0.3 is 10.1 Å². The van der Waals surface area contributed by atoms with Crippen LogP contribution in [0.3, 0.4) is 0 Å². The van der Waals surface area contributed by atoms with Crippen LogP contribution in [0.5, 0.6) is 0 Å². The van der Waals surface area contributed by atoms with Gasteiger partial charge in [0.1, 0.15) is 10.7 Å². The van der Waals surface area contributed by atoms with Crippen molar-refractivity contribution >= 4 is 17.7 Å². The Morgan fingerprint density at radius 2 is 2.00 bits per heavy atom. The Morgan fingerprint density at radius 3 is 2.57 bits per heavy atom. The highest BCUT2D eigenvalue weighted by Crippen LogP contribution is 2.32. The van der Waals surface area contributed by atoms with Crippen molar-refractivity contribution in [3.63, 3.8) is 0 Å². The maximum Gasteiger partial charge on any atom is 0.433 e. The van der Waals surface area contributed by atoms with E-state index in [4.69, 9.17) is 5.11 Å². The maximum atomic E-state index is 12.6. The third kappa shape index (κ3) is 3.60. The zero-order chi connectivity index (χ0) is 15.6. The SMILES string of the molecule is O=C(O)c1ccc(C(F)(F)F)nc1Sc1nccc(=O)[nH]1. The molecule has 10 heteroatoms. The van der Waals surface area contributed by atoms with Crippen LogP contribution < -0.4 is 5.56 Å². The van der Waals surface area contributed by atoms with Crippen LogP contribution >= 0.6 is 11.8 Å². The molecule has 0 aromatic carbocycles. The molecule has 0 bridgehead atoms. The Bertz CT molecular complexity index is 745. The molecule has 0 unspecified atom stereocenters. The van der Waals surface area contributed by atoms with E-state index >= 15 is 0 Å². The van der Waals surface area contributed by atoms with Crippen molar-refractivity contribution in [1.29, 1.82) is 0 Å². The van der Waals surface area contributed by atoms with Crippen LogP contribution in [0.1, 0.15) is 16.1 Å². The number of nitrogens with one attached hydrogen (secondary N) is 1. The lowest BCUT2D eigenvalue weighted by Gasteiger charge is -2.09. The third-order valence-corrected chi connectivity index (χ3v) is 3.13. The quantitative estimate of drug-likeness (QED) is 0.841. The molecule has 0 aliphatic carbocycles. The van der Waals surface area contributed by atoms with Gasteiger partial charge in [-0.2, -0.15) is 13.2 Å². The van der Waals surface area contributed by atoms with E-state index < -0.39 is 34.0 Å². The van der Waals surface area contributed by atoms with Crippen molar-refractivity contribution in [1.82, 2.24) is 15.0 Å². The maximum absolute atomic E-state index is 12.6. The fourth-order valence-electron chi connectivity index (χ4n) is 1.33. The minimum atomic E-state index is -4.70. The van der Waals surface area contributed by atoms with Crippen LogP contribution in [-0.4, -0.2) is 26.0 Å². The molecule has 21 heavy (non-hydrogen) atoms. The highest BCUT2D eigenvalue weighted by Gasteiger charge is 2.33. The first-order chi connectivity index (χ1) is 9.77. The fourth-order valence-corrected chi connectivity index (χ4v) is 2.19.